The monoisotopic (exact) mass is 283 g/mol. The molecule has 0 saturated heterocycles. The molecular weight excluding hydrogens is 266 g/mol. The number of hydrogen-bond donors (Lipinski definition) is 0. The van der Waals surface area contributed by atoms with Gasteiger partial charge in [0.05, 0.1) is 11.5 Å². The molecule has 1 atom stereocenters. The summed E-state index contributed by atoms with van der Waals surface area (Å²) in [6.07, 6.45) is 3.95. The lowest BCUT2D eigenvalue weighted by Crippen LogP contribution is -2.06. The molecule has 5 heteroatoms. The molecule has 1 aromatic rings. The van der Waals surface area contributed by atoms with Crippen LogP contribution < -0.4 is 4.74 Å². The average molecular weight is 284 g/mol. The Labute approximate surface area is 117 Å². The van der Waals surface area contributed by atoms with Gasteiger partial charge in [-0.1, -0.05) is 13.0 Å². The molecule has 0 bridgehead atoms. The summed E-state index contributed by atoms with van der Waals surface area (Å²) in [5.41, 5.74) is 1.03. The highest BCUT2D eigenvalue weighted by Crippen LogP contribution is 2.38. The summed E-state index contributed by atoms with van der Waals surface area (Å²) in [6, 6.07) is 5.04. The van der Waals surface area contributed by atoms with Crippen LogP contribution in [0.1, 0.15) is 31.7 Å². The van der Waals surface area contributed by atoms with Crippen LogP contribution in [0.3, 0.4) is 0 Å². The van der Waals surface area contributed by atoms with Crippen LogP contribution in [-0.4, -0.2) is 16.9 Å². The van der Waals surface area contributed by atoms with Gasteiger partial charge in [0.15, 0.2) is 5.75 Å². The summed E-state index contributed by atoms with van der Waals surface area (Å²) in [7, 11) is 0. The zero-order valence-electron chi connectivity index (χ0n) is 11.0. The van der Waals surface area contributed by atoms with E-state index in [9.17, 15) is 10.1 Å². The number of alkyl halides is 1. The number of nitrogens with zero attached hydrogens (tertiary/aromatic N) is 1. The number of halogens is 1. The number of hydrogen-bond acceptors (Lipinski definition) is 3. The van der Waals surface area contributed by atoms with E-state index in [2.05, 4.69) is 0 Å². The quantitative estimate of drug-likeness (QED) is 0.432. The van der Waals surface area contributed by atoms with Gasteiger partial charge in [-0.2, -0.15) is 0 Å². The molecule has 19 heavy (non-hydrogen) atoms. The summed E-state index contributed by atoms with van der Waals surface area (Å²) in [6.45, 7) is 2.45. The van der Waals surface area contributed by atoms with Crippen molar-refractivity contribution in [3.8, 4) is 5.75 Å². The van der Waals surface area contributed by atoms with E-state index in [1.54, 1.807) is 12.1 Å². The predicted octanol–water partition coefficient (Wildman–Crippen LogP) is 3.94. The molecule has 1 aromatic carbocycles. The first kappa shape index (κ1) is 14.1. The molecule has 0 amide bonds. The van der Waals surface area contributed by atoms with E-state index in [1.807, 2.05) is 6.92 Å². The molecule has 0 N–H and O–H groups in total. The van der Waals surface area contributed by atoms with Crippen LogP contribution in [0, 0.1) is 16.0 Å². The standard InChI is InChI=1S/C14H18ClNO3/c1-2-7-19-14-9-10(3-6-13(14)16(17)18)8-12(15)11-4-5-11/h3,6,9,11-12H,2,4-5,7-8H2,1H3. The second kappa shape index (κ2) is 6.24. The molecule has 1 unspecified atom stereocenters. The van der Waals surface area contributed by atoms with Gasteiger partial charge in [0.2, 0.25) is 0 Å². The molecule has 1 saturated carbocycles. The fourth-order valence-corrected chi connectivity index (χ4v) is 2.44. The van der Waals surface area contributed by atoms with Gasteiger partial charge in [0, 0.05) is 11.4 Å². The molecule has 0 aromatic heterocycles. The van der Waals surface area contributed by atoms with Gasteiger partial charge in [-0.15, -0.1) is 11.6 Å². The summed E-state index contributed by atoms with van der Waals surface area (Å²) in [5, 5.41) is 11.1. The van der Waals surface area contributed by atoms with Crippen LogP contribution in [0.4, 0.5) is 5.69 Å². The molecule has 0 spiro atoms. The second-order valence-corrected chi connectivity index (χ2v) is 5.53. The van der Waals surface area contributed by atoms with E-state index >= 15 is 0 Å². The third kappa shape index (κ3) is 3.83. The number of nitro benzene ring substituents is 1. The minimum atomic E-state index is -0.409. The van der Waals surface area contributed by atoms with Gasteiger partial charge in [-0.05, 0) is 43.2 Å². The molecule has 1 aliphatic carbocycles. The van der Waals surface area contributed by atoms with Crippen LogP contribution in [0.15, 0.2) is 18.2 Å². The van der Waals surface area contributed by atoms with Crippen LogP contribution in [0.25, 0.3) is 0 Å². The third-order valence-electron chi connectivity index (χ3n) is 3.25. The third-order valence-corrected chi connectivity index (χ3v) is 3.76. The Bertz CT molecular complexity index is 460. The van der Waals surface area contributed by atoms with Crippen molar-refractivity contribution in [2.24, 2.45) is 5.92 Å². The fraction of sp³-hybridized carbons (Fsp3) is 0.571. The van der Waals surface area contributed by atoms with Gasteiger partial charge in [0.25, 0.3) is 0 Å². The van der Waals surface area contributed by atoms with E-state index in [0.717, 1.165) is 18.4 Å². The summed E-state index contributed by atoms with van der Waals surface area (Å²) in [4.78, 5) is 10.5. The molecule has 1 fully saturated rings. The van der Waals surface area contributed by atoms with E-state index in [1.165, 1.54) is 18.9 Å². The van der Waals surface area contributed by atoms with Crippen molar-refractivity contribution in [2.45, 2.75) is 38.0 Å². The molecule has 104 valence electrons. The normalized spacial score (nSPS) is 16.1. The van der Waals surface area contributed by atoms with Gasteiger partial charge in [-0.25, -0.2) is 0 Å². The summed E-state index contributed by atoms with van der Waals surface area (Å²) in [5.74, 6) is 0.959. The maximum atomic E-state index is 10.9. The topological polar surface area (TPSA) is 52.4 Å². The molecular formula is C14H18ClNO3. The maximum Gasteiger partial charge on any atom is 0.310 e. The predicted molar refractivity (Wildman–Crippen MR) is 75.0 cm³/mol. The second-order valence-electron chi connectivity index (χ2n) is 4.97. The van der Waals surface area contributed by atoms with E-state index in [0.29, 0.717) is 18.3 Å². The fourth-order valence-electron chi connectivity index (χ4n) is 2.01. The molecule has 0 heterocycles. The Morgan fingerprint density at radius 1 is 1.53 bits per heavy atom. The Morgan fingerprint density at radius 2 is 2.26 bits per heavy atom. The highest BCUT2D eigenvalue weighted by atomic mass is 35.5. The van der Waals surface area contributed by atoms with Crippen LogP contribution in [-0.2, 0) is 6.42 Å². The zero-order valence-corrected chi connectivity index (χ0v) is 11.7. The number of benzene rings is 1. The lowest BCUT2D eigenvalue weighted by molar-refractivity contribution is -0.385. The Balaban J connectivity index is 2.13. The van der Waals surface area contributed by atoms with Crippen molar-refractivity contribution in [3.63, 3.8) is 0 Å². The zero-order chi connectivity index (χ0) is 13.8. The number of rotatable bonds is 7. The highest BCUT2D eigenvalue weighted by molar-refractivity contribution is 6.21. The molecule has 1 aliphatic rings. The molecule has 4 nitrogen and oxygen atoms in total. The summed E-state index contributed by atoms with van der Waals surface area (Å²) >= 11 is 6.30. The maximum absolute atomic E-state index is 10.9. The summed E-state index contributed by atoms with van der Waals surface area (Å²) < 4.78 is 5.46. The Hall–Kier alpha value is -1.29. The van der Waals surface area contributed by atoms with Crippen molar-refractivity contribution in [1.29, 1.82) is 0 Å². The van der Waals surface area contributed by atoms with Crippen molar-refractivity contribution < 1.29 is 9.66 Å². The van der Waals surface area contributed by atoms with Gasteiger partial charge >= 0.3 is 5.69 Å². The van der Waals surface area contributed by atoms with Gasteiger partial charge in [0.1, 0.15) is 0 Å². The minimum Gasteiger partial charge on any atom is -0.487 e. The van der Waals surface area contributed by atoms with Crippen molar-refractivity contribution in [3.05, 3.63) is 33.9 Å². The average Bonchev–Trinajstić information content (AvgIpc) is 3.20. The van der Waals surface area contributed by atoms with Gasteiger partial charge < -0.3 is 4.74 Å². The van der Waals surface area contributed by atoms with Crippen LogP contribution >= 0.6 is 11.6 Å². The Kier molecular flexibility index (Phi) is 4.64. The van der Waals surface area contributed by atoms with Crippen molar-refractivity contribution in [1.82, 2.24) is 0 Å². The molecule has 0 radical (unpaired) electrons. The minimum absolute atomic E-state index is 0.0229. The van der Waals surface area contributed by atoms with E-state index in [-0.39, 0.29) is 11.1 Å². The van der Waals surface area contributed by atoms with Crippen LogP contribution in [0.2, 0.25) is 0 Å². The first-order valence-electron chi connectivity index (χ1n) is 6.66. The molecule has 0 aliphatic heterocycles. The smallest absolute Gasteiger partial charge is 0.310 e. The lowest BCUT2D eigenvalue weighted by atomic mass is 10.1. The van der Waals surface area contributed by atoms with E-state index in [4.69, 9.17) is 16.3 Å². The number of ether oxygens (including phenoxy) is 1. The largest absolute Gasteiger partial charge is 0.487 e. The first-order chi connectivity index (χ1) is 9.11. The molecule has 2 rings (SSSR count). The lowest BCUT2D eigenvalue weighted by Gasteiger charge is -2.10. The van der Waals surface area contributed by atoms with Crippen LogP contribution in [0.5, 0.6) is 5.75 Å². The van der Waals surface area contributed by atoms with E-state index < -0.39 is 4.92 Å². The number of nitro groups is 1. The Morgan fingerprint density at radius 3 is 2.84 bits per heavy atom. The highest BCUT2D eigenvalue weighted by Gasteiger charge is 2.30. The SMILES string of the molecule is CCCOc1cc(CC(Cl)C2CC2)ccc1[N+](=O)[O-]. The van der Waals surface area contributed by atoms with Crippen molar-refractivity contribution in [2.75, 3.05) is 6.61 Å². The van der Waals surface area contributed by atoms with Gasteiger partial charge in [-0.3, -0.25) is 10.1 Å². The first-order valence-corrected chi connectivity index (χ1v) is 7.09. The van der Waals surface area contributed by atoms with Crippen molar-refractivity contribution >= 4 is 17.3 Å².